The average molecular weight is 340 g/mol. The predicted molar refractivity (Wildman–Crippen MR) is 94.6 cm³/mol. The molecule has 2 aromatic carbocycles. The molecule has 0 radical (unpaired) electrons. The lowest BCUT2D eigenvalue weighted by atomic mass is 10.1. The molecule has 0 amide bonds. The van der Waals surface area contributed by atoms with E-state index in [1.54, 1.807) is 18.3 Å². The lowest BCUT2D eigenvalue weighted by Crippen LogP contribution is -2.18. The molecule has 3 rings (SSSR count). The number of H-pyrrole nitrogens is 1. The lowest BCUT2D eigenvalue weighted by molar-refractivity contribution is 0.866. The van der Waals surface area contributed by atoms with Gasteiger partial charge in [0.15, 0.2) is 0 Å². The Kier molecular flexibility index (Phi) is 4.98. The van der Waals surface area contributed by atoms with Gasteiger partial charge in [-0.2, -0.15) is 5.10 Å². The molecular weight excluding hydrogens is 326 g/mol. The number of aromatic amines is 1. The zero-order valence-corrected chi connectivity index (χ0v) is 13.4. The first-order chi connectivity index (χ1) is 11.7. The molecule has 0 aliphatic carbocycles. The quantitative estimate of drug-likeness (QED) is 0.553. The second-order valence-electron chi connectivity index (χ2n) is 5.03. The molecule has 0 fully saturated rings. The molecule has 1 heterocycles. The molecule has 0 saturated heterocycles. The summed E-state index contributed by atoms with van der Waals surface area (Å²) in [4.78, 5) is 14.7. The molecule has 0 aliphatic heterocycles. The van der Waals surface area contributed by atoms with E-state index >= 15 is 0 Å². The van der Waals surface area contributed by atoms with Crippen molar-refractivity contribution in [3.63, 3.8) is 0 Å². The van der Waals surface area contributed by atoms with Crippen molar-refractivity contribution in [3.8, 4) is 0 Å². The van der Waals surface area contributed by atoms with Gasteiger partial charge in [0.25, 0.3) is 5.56 Å². The first-order valence-corrected chi connectivity index (χ1v) is 7.63. The number of hydrazone groups is 1. The number of hydrogen-bond donors (Lipinski definition) is 2. The minimum atomic E-state index is -0.293. The fourth-order valence-corrected chi connectivity index (χ4v) is 2.16. The third-order valence-electron chi connectivity index (χ3n) is 3.23. The van der Waals surface area contributed by atoms with Crippen LogP contribution in [0.25, 0.3) is 0 Å². The van der Waals surface area contributed by atoms with Crippen molar-refractivity contribution in [1.82, 2.24) is 15.2 Å². The van der Waals surface area contributed by atoms with Gasteiger partial charge >= 0.3 is 0 Å². The molecule has 0 unspecified atom stereocenters. The minimum absolute atomic E-state index is 0.182. The molecule has 6 nitrogen and oxygen atoms in total. The van der Waals surface area contributed by atoms with Gasteiger partial charge in [0.2, 0.25) is 5.95 Å². The molecule has 0 saturated carbocycles. The molecule has 0 spiro atoms. The fraction of sp³-hybridized carbons (Fsp3) is 0.0588. The Morgan fingerprint density at radius 2 is 1.83 bits per heavy atom. The Morgan fingerprint density at radius 3 is 2.54 bits per heavy atom. The van der Waals surface area contributed by atoms with E-state index in [1.165, 1.54) is 0 Å². The highest BCUT2D eigenvalue weighted by atomic mass is 35.5. The minimum Gasteiger partial charge on any atom is -0.288 e. The van der Waals surface area contributed by atoms with E-state index in [1.807, 2.05) is 42.5 Å². The molecule has 24 heavy (non-hydrogen) atoms. The summed E-state index contributed by atoms with van der Waals surface area (Å²) in [7, 11) is 0. The SMILES string of the molecule is O=c1[nH]c(NN=Cc2ccc(Cl)cc2)nnc1Cc1ccccc1. The number of halogens is 1. The molecule has 1 aromatic heterocycles. The molecule has 0 atom stereocenters. The maximum atomic E-state index is 12.1. The van der Waals surface area contributed by atoms with Gasteiger partial charge in [-0.15, -0.1) is 10.2 Å². The van der Waals surface area contributed by atoms with Gasteiger partial charge in [-0.3, -0.25) is 9.78 Å². The van der Waals surface area contributed by atoms with Crippen LogP contribution in [-0.2, 0) is 6.42 Å². The van der Waals surface area contributed by atoms with Gasteiger partial charge in [0.05, 0.1) is 6.21 Å². The van der Waals surface area contributed by atoms with Crippen molar-refractivity contribution in [2.45, 2.75) is 6.42 Å². The second-order valence-corrected chi connectivity index (χ2v) is 5.47. The fourth-order valence-electron chi connectivity index (χ4n) is 2.03. The highest BCUT2D eigenvalue weighted by molar-refractivity contribution is 6.30. The van der Waals surface area contributed by atoms with Crippen molar-refractivity contribution in [3.05, 3.63) is 86.8 Å². The number of aromatic nitrogens is 3. The highest BCUT2D eigenvalue weighted by Crippen LogP contribution is 2.08. The number of anilines is 1. The van der Waals surface area contributed by atoms with Crippen molar-refractivity contribution >= 4 is 23.8 Å². The average Bonchev–Trinajstić information content (AvgIpc) is 2.60. The predicted octanol–water partition coefficient (Wildman–Crippen LogP) is 2.86. The number of rotatable bonds is 5. The Morgan fingerprint density at radius 1 is 1.08 bits per heavy atom. The zero-order valence-electron chi connectivity index (χ0n) is 12.6. The molecule has 120 valence electrons. The van der Waals surface area contributed by atoms with Gasteiger partial charge in [0, 0.05) is 11.4 Å². The van der Waals surface area contributed by atoms with Gasteiger partial charge in [-0.05, 0) is 23.3 Å². The first kappa shape index (κ1) is 15.9. The molecule has 2 N–H and O–H groups in total. The van der Waals surface area contributed by atoms with E-state index in [0.29, 0.717) is 17.1 Å². The molecule has 3 aromatic rings. The number of hydrogen-bond acceptors (Lipinski definition) is 5. The number of benzene rings is 2. The maximum Gasteiger partial charge on any atom is 0.274 e. The summed E-state index contributed by atoms with van der Waals surface area (Å²) in [6.45, 7) is 0. The van der Waals surface area contributed by atoms with Gasteiger partial charge < -0.3 is 0 Å². The summed E-state index contributed by atoms with van der Waals surface area (Å²) in [5.41, 5.74) is 4.57. The smallest absolute Gasteiger partial charge is 0.274 e. The summed E-state index contributed by atoms with van der Waals surface area (Å²) in [6, 6.07) is 16.8. The van der Waals surface area contributed by atoms with Gasteiger partial charge in [0.1, 0.15) is 5.69 Å². The van der Waals surface area contributed by atoms with Gasteiger partial charge in [-0.1, -0.05) is 54.1 Å². The van der Waals surface area contributed by atoms with Crippen molar-refractivity contribution in [2.75, 3.05) is 5.43 Å². The van der Waals surface area contributed by atoms with Crippen LogP contribution in [0.1, 0.15) is 16.8 Å². The molecular formula is C17H14ClN5O. The largest absolute Gasteiger partial charge is 0.288 e. The van der Waals surface area contributed by atoms with Crippen LogP contribution in [0.15, 0.2) is 64.5 Å². The summed E-state index contributed by atoms with van der Waals surface area (Å²) in [6.07, 6.45) is 2.02. The summed E-state index contributed by atoms with van der Waals surface area (Å²) in [5.74, 6) is 0.182. The maximum absolute atomic E-state index is 12.1. The zero-order chi connectivity index (χ0) is 16.8. The molecule has 0 bridgehead atoms. The number of nitrogens with one attached hydrogen (secondary N) is 2. The summed E-state index contributed by atoms with van der Waals surface area (Å²) in [5, 5.41) is 12.6. The van der Waals surface area contributed by atoms with Crippen LogP contribution in [0.5, 0.6) is 0 Å². The van der Waals surface area contributed by atoms with E-state index in [9.17, 15) is 4.79 Å². The van der Waals surface area contributed by atoms with E-state index in [2.05, 4.69) is 25.7 Å². The molecule has 7 heteroatoms. The van der Waals surface area contributed by atoms with E-state index in [-0.39, 0.29) is 11.5 Å². The van der Waals surface area contributed by atoms with Crippen LogP contribution in [-0.4, -0.2) is 21.4 Å². The highest BCUT2D eigenvalue weighted by Gasteiger charge is 2.05. The van der Waals surface area contributed by atoms with Crippen LogP contribution >= 0.6 is 11.6 Å². The third kappa shape index (κ3) is 4.27. The molecule has 0 aliphatic rings. The van der Waals surface area contributed by atoms with Crippen LogP contribution in [0.2, 0.25) is 5.02 Å². The van der Waals surface area contributed by atoms with E-state index in [4.69, 9.17) is 11.6 Å². The van der Waals surface area contributed by atoms with Crippen LogP contribution in [0.3, 0.4) is 0 Å². The second kappa shape index (κ2) is 7.52. The van der Waals surface area contributed by atoms with Crippen LogP contribution in [0, 0.1) is 0 Å². The Labute approximate surface area is 143 Å². The monoisotopic (exact) mass is 339 g/mol. The van der Waals surface area contributed by atoms with E-state index < -0.39 is 0 Å². The van der Waals surface area contributed by atoms with E-state index in [0.717, 1.165) is 11.1 Å². The van der Waals surface area contributed by atoms with Crippen molar-refractivity contribution in [2.24, 2.45) is 5.10 Å². The standard InChI is InChI=1S/C17H14ClN5O/c18-14-8-6-13(7-9-14)11-19-22-17-20-16(24)15(21-23-17)10-12-4-2-1-3-5-12/h1-9,11H,10H2,(H2,20,22,23,24). The summed E-state index contributed by atoms with van der Waals surface area (Å²) >= 11 is 5.81. The lowest BCUT2D eigenvalue weighted by Gasteiger charge is -2.01. The Bertz CT molecular complexity index is 891. The normalized spacial score (nSPS) is 10.9. The van der Waals surface area contributed by atoms with Gasteiger partial charge in [-0.25, -0.2) is 5.43 Å². The van der Waals surface area contributed by atoms with Crippen molar-refractivity contribution in [1.29, 1.82) is 0 Å². The number of nitrogens with zero attached hydrogens (tertiary/aromatic N) is 3. The Balaban J connectivity index is 1.66. The van der Waals surface area contributed by atoms with Crippen LogP contribution < -0.4 is 11.0 Å². The Hall–Kier alpha value is -2.99. The van der Waals surface area contributed by atoms with Crippen LogP contribution in [0.4, 0.5) is 5.95 Å². The topological polar surface area (TPSA) is 83.0 Å². The first-order valence-electron chi connectivity index (χ1n) is 7.25. The van der Waals surface area contributed by atoms with Crippen molar-refractivity contribution < 1.29 is 0 Å². The third-order valence-corrected chi connectivity index (χ3v) is 3.49. The summed E-state index contributed by atoms with van der Waals surface area (Å²) < 4.78 is 0.